The van der Waals surface area contributed by atoms with Gasteiger partial charge in [0.15, 0.2) is 0 Å². The van der Waals surface area contributed by atoms with Crippen molar-refractivity contribution < 1.29 is 14.3 Å². The number of hydrogen-bond acceptors (Lipinski definition) is 5. The minimum absolute atomic E-state index is 0.0274. The predicted octanol–water partition coefficient (Wildman–Crippen LogP) is 0.525. The summed E-state index contributed by atoms with van der Waals surface area (Å²) in [6.07, 6.45) is 0.902. The molecule has 100 valence electrons. The average molecular weight is 262 g/mol. The fourth-order valence-electron chi connectivity index (χ4n) is 1.01. The van der Waals surface area contributed by atoms with Crippen LogP contribution in [0.4, 0.5) is 0 Å². The second-order valence-corrected chi connectivity index (χ2v) is 4.78. The third-order valence-corrected chi connectivity index (χ3v) is 3.20. The molecular weight excluding hydrogens is 240 g/mol. The van der Waals surface area contributed by atoms with Crippen molar-refractivity contribution in [2.75, 3.05) is 18.1 Å². The second kappa shape index (κ2) is 9.30. The Morgan fingerprint density at radius 3 is 2.59 bits per heavy atom. The summed E-state index contributed by atoms with van der Waals surface area (Å²) < 4.78 is 4.77. The highest BCUT2D eigenvalue weighted by atomic mass is 32.2. The lowest BCUT2D eigenvalue weighted by molar-refractivity contribution is -0.144. The molecule has 0 rings (SSSR count). The van der Waals surface area contributed by atoms with Gasteiger partial charge in [-0.15, -0.1) is 11.8 Å². The Hall–Kier alpha value is -0.750. The number of rotatable bonds is 8. The van der Waals surface area contributed by atoms with Crippen molar-refractivity contribution in [2.45, 2.75) is 39.3 Å². The molecule has 0 fully saturated rings. The molecule has 0 aliphatic heterocycles. The molecule has 1 amide bonds. The molecular formula is C11H22N2O3S. The van der Waals surface area contributed by atoms with Crippen molar-refractivity contribution in [3.8, 4) is 0 Å². The van der Waals surface area contributed by atoms with Crippen molar-refractivity contribution in [2.24, 2.45) is 5.73 Å². The van der Waals surface area contributed by atoms with Crippen molar-refractivity contribution in [1.29, 1.82) is 0 Å². The highest BCUT2D eigenvalue weighted by molar-refractivity contribution is 8.00. The maximum absolute atomic E-state index is 11.4. The number of amides is 1. The van der Waals surface area contributed by atoms with E-state index in [0.29, 0.717) is 18.1 Å². The van der Waals surface area contributed by atoms with Crippen LogP contribution in [0.15, 0.2) is 0 Å². The van der Waals surface area contributed by atoms with Crippen LogP contribution >= 0.6 is 11.8 Å². The molecule has 5 nitrogen and oxygen atoms in total. The average Bonchev–Trinajstić information content (AvgIpc) is 2.28. The van der Waals surface area contributed by atoms with Gasteiger partial charge in [0.1, 0.15) is 6.04 Å². The molecule has 0 saturated heterocycles. The zero-order chi connectivity index (χ0) is 13.3. The Morgan fingerprint density at radius 1 is 1.41 bits per heavy atom. The van der Waals surface area contributed by atoms with Gasteiger partial charge in [0.05, 0.1) is 12.4 Å². The van der Waals surface area contributed by atoms with E-state index in [2.05, 4.69) is 5.32 Å². The highest BCUT2D eigenvalue weighted by Gasteiger charge is 2.15. The van der Waals surface area contributed by atoms with Gasteiger partial charge in [-0.05, 0) is 20.3 Å². The lowest BCUT2D eigenvalue weighted by Crippen LogP contribution is -2.36. The Balaban J connectivity index is 3.69. The first-order chi connectivity index (χ1) is 8.01. The summed E-state index contributed by atoms with van der Waals surface area (Å²) in [5.74, 6) is 0.271. The molecule has 3 N–H and O–H groups in total. The summed E-state index contributed by atoms with van der Waals surface area (Å²) in [5.41, 5.74) is 5.59. The molecule has 2 unspecified atom stereocenters. The van der Waals surface area contributed by atoms with Crippen molar-refractivity contribution in [3.05, 3.63) is 0 Å². The zero-order valence-corrected chi connectivity index (χ0v) is 11.5. The van der Waals surface area contributed by atoms with E-state index in [1.807, 2.05) is 13.8 Å². The second-order valence-electron chi connectivity index (χ2n) is 3.75. The van der Waals surface area contributed by atoms with Gasteiger partial charge in [-0.1, -0.05) is 6.92 Å². The van der Waals surface area contributed by atoms with Crippen LogP contribution in [0.1, 0.15) is 27.2 Å². The Bertz CT molecular complexity index is 249. The van der Waals surface area contributed by atoms with Crippen LogP contribution in [-0.2, 0) is 14.3 Å². The molecule has 6 heteroatoms. The van der Waals surface area contributed by atoms with E-state index in [4.69, 9.17) is 10.5 Å². The summed E-state index contributed by atoms with van der Waals surface area (Å²) in [4.78, 5) is 22.6. The molecule has 2 atom stereocenters. The van der Waals surface area contributed by atoms with Crippen LogP contribution in [0.25, 0.3) is 0 Å². The van der Waals surface area contributed by atoms with E-state index in [1.54, 1.807) is 6.92 Å². The van der Waals surface area contributed by atoms with E-state index >= 15 is 0 Å². The van der Waals surface area contributed by atoms with Crippen molar-refractivity contribution in [3.63, 3.8) is 0 Å². The smallest absolute Gasteiger partial charge is 0.323 e. The SMILES string of the molecule is CCOC(=O)C(N)CSCC(=O)NC(C)CC. The van der Waals surface area contributed by atoms with Crippen LogP contribution in [0.2, 0.25) is 0 Å². The molecule has 0 saturated carbocycles. The Labute approximate surface area is 107 Å². The lowest BCUT2D eigenvalue weighted by atomic mass is 10.3. The van der Waals surface area contributed by atoms with Crippen LogP contribution in [0, 0.1) is 0 Å². The van der Waals surface area contributed by atoms with E-state index < -0.39 is 12.0 Å². The highest BCUT2D eigenvalue weighted by Crippen LogP contribution is 2.03. The third-order valence-electron chi connectivity index (χ3n) is 2.14. The number of nitrogens with two attached hydrogens (primary N) is 1. The number of nitrogens with one attached hydrogen (secondary N) is 1. The van der Waals surface area contributed by atoms with Crippen LogP contribution in [0.3, 0.4) is 0 Å². The fraction of sp³-hybridized carbons (Fsp3) is 0.818. The van der Waals surface area contributed by atoms with Crippen LogP contribution < -0.4 is 11.1 Å². The third kappa shape index (κ3) is 8.04. The van der Waals surface area contributed by atoms with E-state index in [1.165, 1.54) is 11.8 Å². The minimum atomic E-state index is -0.656. The van der Waals surface area contributed by atoms with Gasteiger partial charge < -0.3 is 15.8 Å². The fourth-order valence-corrected chi connectivity index (χ4v) is 1.79. The summed E-state index contributed by atoms with van der Waals surface area (Å²) in [5, 5.41) is 2.84. The van der Waals surface area contributed by atoms with Gasteiger partial charge in [0, 0.05) is 11.8 Å². The molecule has 17 heavy (non-hydrogen) atoms. The quantitative estimate of drug-likeness (QED) is 0.623. The molecule has 0 aliphatic rings. The van der Waals surface area contributed by atoms with Gasteiger partial charge in [-0.3, -0.25) is 9.59 Å². The summed E-state index contributed by atoms with van der Waals surface area (Å²) >= 11 is 1.34. The van der Waals surface area contributed by atoms with Crippen molar-refractivity contribution >= 4 is 23.6 Å². The van der Waals surface area contributed by atoms with E-state index in [9.17, 15) is 9.59 Å². The topological polar surface area (TPSA) is 81.4 Å². The lowest BCUT2D eigenvalue weighted by Gasteiger charge is -2.12. The largest absolute Gasteiger partial charge is 0.465 e. The van der Waals surface area contributed by atoms with Gasteiger partial charge in [-0.25, -0.2) is 0 Å². The normalized spacial score (nSPS) is 13.9. The molecule has 0 aliphatic carbocycles. The zero-order valence-electron chi connectivity index (χ0n) is 10.7. The van der Waals surface area contributed by atoms with E-state index in [0.717, 1.165) is 6.42 Å². The minimum Gasteiger partial charge on any atom is -0.465 e. The maximum atomic E-state index is 11.4. The van der Waals surface area contributed by atoms with Crippen LogP contribution in [0.5, 0.6) is 0 Å². The summed E-state index contributed by atoms with van der Waals surface area (Å²) in [6, 6.07) is -0.474. The molecule has 0 radical (unpaired) electrons. The Morgan fingerprint density at radius 2 is 2.06 bits per heavy atom. The molecule has 0 aromatic rings. The monoisotopic (exact) mass is 262 g/mol. The first-order valence-corrected chi connectivity index (χ1v) is 6.96. The molecule has 0 aromatic carbocycles. The molecule has 0 bridgehead atoms. The molecule has 0 spiro atoms. The summed E-state index contributed by atoms with van der Waals surface area (Å²) in [6.45, 7) is 6.02. The first-order valence-electron chi connectivity index (χ1n) is 5.80. The number of esters is 1. The van der Waals surface area contributed by atoms with Crippen LogP contribution in [-0.4, -0.2) is 42.1 Å². The number of carbonyl (C=O) groups excluding carboxylic acids is 2. The van der Waals surface area contributed by atoms with E-state index in [-0.39, 0.29) is 11.9 Å². The number of thioether (sulfide) groups is 1. The number of hydrogen-bond donors (Lipinski definition) is 2. The maximum Gasteiger partial charge on any atom is 0.323 e. The van der Waals surface area contributed by atoms with Gasteiger partial charge in [0.25, 0.3) is 0 Å². The van der Waals surface area contributed by atoms with Gasteiger partial charge in [0.2, 0.25) is 5.91 Å². The predicted molar refractivity (Wildman–Crippen MR) is 69.8 cm³/mol. The van der Waals surface area contributed by atoms with Gasteiger partial charge >= 0.3 is 5.97 Å². The first kappa shape index (κ1) is 16.2. The summed E-state index contributed by atoms with van der Waals surface area (Å²) in [7, 11) is 0. The molecule has 0 heterocycles. The number of ether oxygens (including phenoxy) is 1. The molecule has 0 aromatic heterocycles. The Kier molecular flexibility index (Phi) is 8.89. The van der Waals surface area contributed by atoms with Crippen molar-refractivity contribution in [1.82, 2.24) is 5.32 Å². The standard InChI is InChI=1S/C11H22N2O3S/c1-4-8(3)13-10(14)7-17-6-9(12)11(15)16-5-2/h8-9H,4-7,12H2,1-3H3,(H,13,14). The van der Waals surface area contributed by atoms with Gasteiger partial charge in [-0.2, -0.15) is 0 Å². The number of carbonyl (C=O) groups is 2.